The molecule has 0 saturated heterocycles. The van der Waals surface area contributed by atoms with Gasteiger partial charge in [-0.3, -0.25) is 0 Å². The summed E-state index contributed by atoms with van der Waals surface area (Å²) in [5, 5.41) is 28.2. The van der Waals surface area contributed by atoms with Gasteiger partial charge in [-0.2, -0.15) is 4.98 Å². The maximum atomic E-state index is 10.2. The molecule has 0 saturated carbocycles. The molecule has 0 unspecified atom stereocenters. The third-order valence-corrected chi connectivity index (χ3v) is 5.21. The lowest BCUT2D eigenvalue weighted by atomic mass is 10.2. The number of aromatic hydroxyl groups is 1. The number of fused-ring (bicyclic) bond motifs is 4. The van der Waals surface area contributed by atoms with Crippen molar-refractivity contribution in [3.63, 3.8) is 0 Å². The molecule has 3 heterocycles. The quantitative estimate of drug-likeness (QED) is 0.280. The van der Waals surface area contributed by atoms with Gasteiger partial charge in [0.2, 0.25) is 5.88 Å². The van der Waals surface area contributed by atoms with E-state index in [1.807, 2.05) is 36.4 Å². The molecule has 27 heavy (non-hydrogen) atoms. The molecule has 3 aromatic heterocycles. The second-order valence-electron chi connectivity index (χ2n) is 5.81. The molecule has 8 nitrogen and oxygen atoms in total. The van der Waals surface area contributed by atoms with Gasteiger partial charge in [0.1, 0.15) is 5.52 Å². The van der Waals surface area contributed by atoms with Crippen LogP contribution in [0.5, 0.6) is 5.88 Å². The van der Waals surface area contributed by atoms with Gasteiger partial charge in [-0.25, -0.2) is 0 Å². The van der Waals surface area contributed by atoms with Gasteiger partial charge in [-0.05, 0) is 34.1 Å². The molecule has 132 valence electrons. The molecule has 0 spiro atoms. The maximum absolute atomic E-state index is 10.2. The minimum Gasteiger partial charge on any atom is -0.493 e. The third-order valence-electron chi connectivity index (χ3n) is 4.13. The molecule has 0 aliphatic heterocycles. The Morgan fingerprint density at radius 3 is 2.70 bits per heavy atom. The number of hydrogen-bond acceptors (Lipinski definition) is 6. The van der Waals surface area contributed by atoms with Crippen molar-refractivity contribution in [1.82, 2.24) is 25.1 Å². The average molecular weight is 487 g/mol. The van der Waals surface area contributed by atoms with Gasteiger partial charge in [0.05, 0.1) is 5.52 Å². The first-order valence-electron chi connectivity index (χ1n) is 7.83. The lowest BCUT2D eigenvalue weighted by Gasteiger charge is -1.96. The highest BCUT2D eigenvalue weighted by Gasteiger charge is 2.14. The van der Waals surface area contributed by atoms with Crippen molar-refractivity contribution in [2.45, 2.75) is 0 Å². The summed E-state index contributed by atoms with van der Waals surface area (Å²) in [4.78, 5) is 10.4. The highest BCUT2D eigenvalue weighted by Crippen LogP contribution is 2.40. The van der Waals surface area contributed by atoms with Crippen molar-refractivity contribution in [2.24, 2.45) is 10.2 Å². The average Bonchev–Trinajstić information content (AvgIpc) is 3.17. The number of nitrogens with zero attached hydrogens (tertiary/aromatic N) is 5. The zero-order valence-electron chi connectivity index (χ0n) is 13.4. The molecule has 0 bridgehead atoms. The van der Waals surface area contributed by atoms with E-state index in [-0.39, 0.29) is 11.8 Å². The lowest BCUT2D eigenvalue weighted by Crippen LogP contribution is -1.86. The molecule has 5 aromatic rings. The normalized spacial score (nSPS) is 12.1. The summed E-state index contributed by atoms with van der Waals surface area (Å²) in [6.45, 7) is 0. The fourth-order valence-electron chi connectivity index (χ4n) is 2.94. The summed E-state index contributed by atoms with van der Waals surface area (Å²) in [5.41, 5.74) is 3.19. The second kappa shape index (κ2) is 6.10. The summed E-state index contributed by atoms with van der Waals surface area (Å²) in [7, 11) is 0. The van der Waals surface area contributed by atoms with Crippen molar-refractivity contribution >= 4 is 76.5 Å². The molecule has 0 aliphatic rings. The lowest BCUT2D eigenvalue weighted by molar-refractivity contribution is 0.459. The smallest absolute Gasteiger partial charge is 0.289 e. The number of halogens is 2. The van der Waals surface area contributed by atoms with Crippen LogP contribution in [0.15, 0.2) is 55.6 Å². The Balaban J connectivity index is 1.60. The molecular weight excluding hydrogens is 478 g/mol. The topological polar surface area (TPSA) is 115 Å². The first-order chi connectivity index (χ1) is 13.1. The van der Waals surface area contributed by atoms with Crippen molar-refractivity contribution in [3.8, 4) is 5.88 Å². The zero-order chi connectivity index (χ0) is 18.5. The first-order valence-corrected chi connectivity index (χ1v) is 9.41. The fraction of sp³-hybridized carbons (Fsp3) is 0. The summed E-state index contributed by atoms with van der Waals surface area (Å²) in [5.74, 6) is 0.00377. The first kappa shape index (κ1) is 16.3. The number of benzene rings is 2. The van der Waals surface area contributed by atoms with E-state index in [2.05, 4.69) is 67.2 Å². The molecule has 2 aromatic carbocycles. The molecule has 5 rings (SSSR count). The monoisotopic (exact) mass is 485 g/mol. The van der Waals surface area contributed by atoms with Crippen LogP contribution in [0.1, 0.15) is 0 Å². The van der Waals surface area contributed by atoms with Crippen LogP contribution in [0.4, 0.5) is 11.6 Å². The molecule has 0 amide bonds. The van der Waals surface area contributed by atoms with Gasteiger partial charge in [-0.15, -0.1) is 20.4 Å². The predicted molar refractivity (Wildman–Crippen MR) is 109 cm³/mol. The number of nitrogens with one attached hydrogen (secondary N) is 2. The Kier molecular flexibility index (Phi) is 3.69. The van der Waals surface area contributed by atoms with Crippen LogP contribution in [0, 0.1) is 0 Å². The Bertz CT molecular complexity index is 1370. The summed E-state index contributed by atoms with van der Waals surface area (Å²) >= 11 is 6.88. The Morgan fingerprint density at radius 1 is 0.963 bits per heavy atom. The van der Waals surface area contributed by atoms with Crippen LogP contribution < -0.4 is 0 Å². The van der Waals surface area contributed by atoms with Gasteiger partial charge in [0.25, 0.3) is 5.95 Å². The van der Waals surface area contributed by atoms with Crippen LogP contribution >= 0.6 is 31.9 Å². The number of aromatic nitrogens is 5. The van der Waals surface area contributed by atoms with Crippen molar-refractivity contribution < 1.29 is 5.11 Å². The number of azo groups is 1. The van der Waals surface area contributed by atoms with E-state index < -0.39 is 0 Å². The van der Waals surface area contributed by atoms with Gasteiger partial charge in [0, 0.05) is 25.2 Å². The number of aromatic amines is 2. The standard InChI is InChI=1S/C17H9Br2N7O/c18-7-5-9-12(10(19)6-7)21-16(27)14(9)24-26-17-22-15-13(23-25-17)8-3-1-2-4-11(8)20-15/h1-6,21,27H,(H,20,22,25). The van der Waals surface area contributed by atoms with E-state index in [9.17, 15) is 5.11 Å². The van der Waals surface area contributed by atoms with Crippen LogP contribution in [0.2, 0.25) is 0 Å². The van der Waals surface area contributed by atoms with Crippen LogP contribution in [-0.4, -0.2) is 30.3 Å². The fourth-order valence-corrected chi connectivity index (χ4v) is 4.27. The second-order valence-corrected chi connectivity index (χ2v) is 7.58. The minimum absolute atomic E-state index is 0.0906. The molecule has 0 aliphatic carbocycles. The van der Waals surface area contributed by atoms with Gasteiger partial charge < -0.3 is 15.1 Å². The van der Waals surface area contributed by atoms with Crippen molar-refractivity contribution in [2.75, 3.05) is 0 Å². The van der Waals surface area contributed by atoms with E-state index in [0.29, 0.717) is 22.2 Å². The minimum atomic E-state index is -0.0906. The van der Waals surface area contributed by atoms with Crippen LogP contribution in [0.25, 0.3) is 33.0 Å². The highest BCUT2D eigenvalue weighted by atomic mass is 79.9. The number of H-pyrrole nitrogens is 2. The Labute approximate surface area is 168 Å². The van der Waals surface area contributed by atoms with Crippen molar-refractivity contribution in [3.05, 3.63) is 45.3 Å². The molecule has 0 atom stereocenters. The van der Waals surface area contributed by atoms with Crippen molar-refractivity contribution in [1.29, 1.82) is 0 Å². The number of para-hydroxylation sites is 1. The Hall–Kier alpha value is -2.85. The zero-order valence-corrected chi connectivity index (χ0v) is 16.6. The number of hydrogen-bond donors (Lipinski definition) is 3. The van der Waals surface area contributed by atoms with E-state index in [4.69, 9.17) is 0 Å². The highest BCUT2D eigenvalue weighted by molar-refractivity contribution is 9.11. The number of rotatable bonds is 2. The van der Waals surface area contributed by atoms with Gasteiger partial charge in [0.15, 0.2) is 11.3 Å². The van der Waals surface area contributed by atoms with E-state index in [0.717, 1.165) is 25.4 Å². The molecule has 3 N–H and O–H groups in total. The SMILES string of the molecule is Oc1[nH]c2c(Br)cc(Br)cc2c1N=Nc1nnc2c(n1)[nH]c1ccccc12. The van der Waals surface area contributed by atoms with E-state index >= 15 is 0 Å². The van der Waals surface area contributed by atoms with E-state index in [1.165, 1.54) is 0 Å². The molecule has 0 fully saturated rings. The molecule has 10 heteroatoms. The summed E-state index contributed by atoms with van der Waals surface area (Å²) in [6.07, 6.45) is 0. The Morgan fingerprint density at radius 2 is 1.81 bits per heavy atom. The third kappa shape index (κ3) is 2.68. The van der Waals surface area contributed by atoms with Crippen LogP contribution in [-0.2, 0) is 0 Å². The maximum Gasteiger partial charge on any atom is 0.289 e. The van der Waals surface area contributed by atoms with E-state index in [1.54, 1.807) is 0 Å². The summed E-state index contributed by atoms with van der Waals surface area (Å²) < 4.78 is 1.63. The van der Waals surface area contributed by atoms with Gasteiger partial charge in [-0.1, -0.05) is 34.1 Å². The molecule has 0 radical (unpaired) electrons. The predicted octanol–water partition coefficient (Wildman–Crippen LogP) is 5.63. The summed E-state index contributed by atoms with van der Waals surface area (Å²) in [6, 6.07) is 11.5. The van der Waals surface area contributed by atoms with Crippen LogP contribution in [0.3, 0.4) is 0 Å². The molecular formula is C17H9Br2N7O. The van der Waals surface area contributed by atoms with Gasteiger partial charge >= 0.3 is 0 Å². The largest absolute Gasteiger partial charge is 0.493 e.